The number of rotatable bonds is 7. The van der Waals surface area contributed by atoms with Crippen molar-refractivity contribution < 1.29 is 19.4 Å². The van der Waals surface area contributed by atoms with Crippen LogP contribution in [-0.2, 0) is 9.53 Å². The Kier molecular flexibility index (Phi) is 8.22. The molecule has 1 unspecified atom stereocenters. The highest BCUT2D eigenvalue weighted by molar-refractivity contribution is 6.03. The average Bonchev–Trinajstić information content (AvgIpc) is 2.57. The fourth-order valence-electron chi connectivity index (χ4n) is 3.23. The number of amides is 1. The summed E-state index contributed by atoms with van der Waals surface area (Å²) < 4.78 is 5.65. The van der Waals surface area contributed by atoms with Gasteiger partial charge in [-0.25, -0.2) is 4.79 Å². The summed E-state index contributed by atoms with van der Waals surface area (Å²) in [6.45, 7) is 16.6. The van der Waals surface area contributed by atoms with Crippen molar-refractivity contribution in [1.29, 1.82) is 0 Å². The van der Waals surface area contributed by atoms with Crippen molar-refractivity contribution in [2.75, 3.05) is 0 Å². The zero-order chi connectivity index (χ0) is 22.6. The Balaban J connectivity index is 3.27. The van der Waals surface area contributed by atoms with Crippen LogP contribution in [0.25, 0.3) is 0 Å². The first-order valence-corrected chi connectivity index (χ1v) is 10.2. The zero-order valence-corrected chi connectivity index (χ0v) is 19.3. The topological polar surface area (TPSA) is 66.8 Å². The van der Waals surface area contributed by atoms with Gasteiger partial charge in [0, 0.05) is 17.7 Å². The van der Waals surface area contributed by atoms with Crippen molar-refractivity contribution in [2.24, 2.45) is 5.41 Å². The van der Waals surface area contributed by atoms with E-state index in [2.05, 4.69) is 0 Å². The first-order valence-electron chi connectivity index (χ1n) is 10.2. The molecule has 0 fully saturated rings. The van der Waals surface area contributed by atoms with Gasteiger partial charge in [-0.3, -0.25) is 4.79 Å². The predicted molar refractivity (Wildman–Crippen MR) is 117 cm³/mol. The standard InChI is InChI=1S/C24H37NO4/c1-16(2)25(17(3)4)22(28)29-24(8,9)21(27)19(15-23(5,6)7)20(26)18-13-11-10-12-14-18/h10-17,20,26H,1-9H3/b19-15+. The number of hydrogen-bond donors (Lipinski definition) is 1. The molecule has 162 valence electrons. The number of aliphatic hydroxyl groups excluding tert-OH is 1. The molecule has 1 aromatic rings. The molecule has 5 heteroatoms. The van der Waals surface area contributed by atoms with Gasteiger partial charge in [0.2, 0.25) is 5.78 Å². The van der Waals surface area contributed by atoms with Crippen molar-refractivity contribution in [2.45, 2.75) is 86.1 Å². The molecule has 0 aromatic heterocycles. The molecule has 0 aliphatic carbocycles. The van der Waals surface area contributed by atoms with Crippen LogP contribution in [0, 0.1) is 5.41 Å². The third-order valence-corrected chi connectivity index (χ3v) is 4.47. The summed E-state index contributed by atoms with van der Waals surface area (Å²) in [5.41, 5.74) is -0.930. The second-order valence-electron chi connectivity index (χ2n) is 9.58. The highest BCUT2D eigenvalue weighted by Gasteiger charge is 2.39. The number of allylic oxidation sites excluding steroid dienone is 1. The number of carbonyl (C=O) groups is 2. The number of ether oxygens (including phenoxy) is 1. The fourth-order valence-corrected chi connectivity index (χ4v) is 3.23. The van der Waals surface area contributed by atoms with Gasteiger partial charge in [0.05, 0.1) is 0 Å². The molecule has 1 rings (SSSR count). The molecule has 29 heavy (non-hydrogen) atoms. The molecular weight excluding hydrogens is 366 g/mol. The van der Waals surface area contributed by atoms with Gasteiger partial charge in [-0.05, 0) is 52.5 Å². The lowest BCUT2D eigenvalue weighted by Gasteiger charge is -2.34. The Hall–Kier alpha value is -2.14. The van der Waals surface area contributed by atoms with Crippen molar-refractivity contribution in [1.82, 2.24) is 4.90 Å². The van der Waals surface area contributed by atoms with E-state index in [1.807, 2.05) is 66.7 Å². The third kappa shape index (κ3) is 7.00. The van der Waals surface area contributed by atoms with Gasteiger partial charge in [-0.15, -0.1) is 0 Å². The minimum atomic E-state index is -1.42. The van der Waals surface area contributed by atoms with Crippen molar-refractivity contribution in [3.8, 4) is 0 Å². The van der Waals surface area contributed by atoms with E-state index in [4.69, 9.17) is 4.74 Å². The molecule has 1 amide bonds. The first-order chi connectivity index (χ1) is 13.2. The number of ketones is 1. The van der Waals surface area contributed by atoms with Crippen LogP contribution < -0.4 is 0 Å². The lowest BCUT2D eigenvalue weighted by atomic mass is 9.84. The number of aliphatic hydroxyl groups is 1. The lowest BCUT2D eigenvalue weighted by Crippen LogP contribution is -2.48. The van der Waals surface area contributed by atoms with Gasteiger partial charge in [-0.2, -0.15) is 0 Å². The summed E-state index contributed by atoms with van der Waals surface area (Å²) >= 11 is 0. The maximum Gasteiger partial charge on any atom is 0.411 e. The molecule has 0 aliphatic rings. The van der Waals surface area contributed by atoms with Crippen LogP contribution in [0.1, 0.15) is 74.0 Å². The van der Waals surface area contributed by atoms with Crippen LogP contribution in [0.4, 0.5) is 4.79 Å². The minimum Gasteiger partial charge on any atom is -0.435 e. The van der Waals surface area contributed by atoms with Gasteiger partial charge in [0.1, 0.15) is 6.10 Å². The number of nitrogens with zero attached hydrogens (tertiary/aromatic N) is 1. The number of carbonyl (C=O) groups excluding carboxylic acids is 2. The van der Waals surface area contributed by atoms with Crippen LogP contribution in [-0.4, -0.2) is 39.6 Å². The number of Topliss-reactive ketones (excluding diaryl/α,β-unsaturated/α-hetero) is 1. The summed E-state index contributed by atoms with van der Waals surface area (Å²) in [6, 6.07) is 8.89. The molecule has 1 atom stereocenters. The van der Waals surface area contributed by atoms with Gasteiger partial charge in [-0.1, -0.05) is 57.2 Å². The summed E-state index contributed by atoms with van der Waals surface area (Å²) in [4.78, 5) is 27.8. The second kappa shape index (κ2) is 9.57. The van der Waals surface area contributed by atoms with Gasteiger partial charge >= 0.3 is 6.09 Å². The molecule has 0 heterocycles. The third-order valence-electron chi connectivity index (χ3n) is 4.47. The van der Waals surface area contributed by atoms with Gasteiger partial charge in [0.25, 0.3) is 0 Å². The number of benzene rings is 1. The van der Waals surface area contributed by atoms with Crippen LogP contribution in [0.5, 0.6) is 0 Å². The van der Waals surface area contributed by atoms with E-state index in [0.717, 1.165) is 0 Å². The smallest absolute Gasteiger partial charge is 0.411 e. The van der Waals surface area contributed by atoms with Crippen LogP contribution in [0.2, 0.25) is 0 Å². The van der Waals surface area contributed by atoms with Crippen molar-refractivity contribution >= 4 is 11.9 Å². The Morgan fingerprint density at radius 3 is 1.86 bits per heavy atom. The van der Waals surface area contributed by atoms with E-state index in [9.17, 15) is 14.7 Å². The first kappa shape index (κ1) is 24.9. The second-order valence-corrected chi connectivity index (χ2v) is 9.58. The predicted octanol–water partition coefficient (Wildman–Crippen LogP) is 5.30. The highest BCUT2D eigenvalue weighted by Crippen LogP contribution is 2.32. The Morgan fingerprint density at radius 1 is 0.966 bits per heavy atom. The molecule has 0 radical (unpaired) electrons. The van der Waals surface area contributed by atoms with Crippen LogP contribution in [0.15, 0.2) is 42.0 Å². The molecule has 5 nitrogen and oxygen atoms in total. The fraction of sp³-hybridized carbons (Fsp3) is 0.583. The summed E-state index contributed by atoms with van der Waals surface area (Å²) in [5, 5.41) is 11.0. The van der Waals surface area contributed by atoms with Crippen LogP contribution in [0.3, 0.4) is 0 Å². The maximum atomic E-state index is 13.4. The summed E-state index contributed by atoms with van der Waals surface area (Å²) in [7, 11) is 0. The quantitative estimate of drug-likeness (QED) is 0.628. The van der Waals surface area contributed by atoms with Crippen molar-refractivity contribution in [3.63, 3.8) is 0 Å². The van der Waals surface area contributed by atoms with E-state index in [1.54, 1.807) is 37.0 Å². The largest absolute Gasteiger partial charge is 0.435 e. The molecule has 1 N–H and O–H groups in total. The Morgan fingerprint density at radius 2 is 1.45 bits per heavy atom. The zero-order valence-electron chi connectivity index (χ0n) is 19.3. The molecule has 0 bridgehead atoms. The minimum absolute atomic E-state index is 0.0621. The highest BCUT2D eigenvalue weighted by atomic mass is 16.6. The van der Waals surface area contributed by atoms with E-state index < -0.39 is 23.6 Å². The lowest BCUT2D eigenvalue weighted by molar-refractivity contribution is -0.133. The molecular formula is C24H37NO4. The van der Waals surface area contributed by atoms with Gasteiger partial charge < -0.3 is 14.7 Å². The van der Waals surface area contributed by atoms with E-state index in [0.29, 0.717) is 5.56 Å². The van der Waals surface area contributed by atoms with Crippen molar-refractivity contribution in [3.05, 3.63) is 47.5 Å². The number of hydrogen-bond acceptors (Lipinski definition) is 4. The average molecular weight is 404 g/mol. The van der Waals surface area contributed by atoms with E-state index in [1.165, 1.54) is 0 Å². The van der Waals surface area contributed by atoms with E-state index in [-0.39, 0.29) is 23.1 Å². The SMILES string of the molecule is CC(C)N(C(=O)OC(C)(C)C(=O)/C(=C/C(C)(C)C)C(O)c1ccccc1)C(C)C. The molecule has 0 spiro atoms. The Labute approximate surface area is 175 Å². The van der Waals surface area contributed by atoms with E-state index >= 15 is 0 Å². The molecule has 0 aliphatic heterocycles. The Bertz CT molecular complexity index is 719. The monoisotopic (exact) mass is 403 g/mol. The molecule has 1 aromatic carbocycles. The molecule has 0 saturated carbocycles. The van der Waals surface area contributed by atoms with Gasteiger partial charge in [0.15, 0.2) is 5.60 Å². The summed E-state index contributed by atoms with van der Waals surface area (Å²) in [5.74, 6) is -0.412. The van der Waals surface area contributed by atoms with Crippen LogP contribution >= 0.6 is 0 Å². The maximum absolute atomic E-state index is 13.4. The normalized spacial score (nSPS) is 14.1. The molecule has 0 saturated heterocycles. The summed E-state index contributed by atoms with van der Waals surface area (Å²) in [6.07, 6.45) is 0.107.